The lowest BCUT2D eigenvalue weighted by Crippen LogP contribution is -2.39. The summed E-state index contributed by atoms with van der Waals surface area (Å²) >= 11 is 0. The summed E-state index contributed by atoms with van der Waals surface area (Å²) < 4.78 is 27.2. The largest absolute Gasteiger partial charge is 0.391 e. The van der Waals surface area contributed by atoms with E-state index in [-0.39, 0.29) is 6.04 Å². The van der Waals surface area contributed by atoms with Crippen LogP contribution in [0.25, 0.3) is 0 Å². The number of aliphatic hydroxyl groups is 1. The summed E-state index contributed by atoms with van der Waals surface area (Å²) in [4.78, 5) is 0.327. The second kappa shape index (κ2) is 8.27. The summed E-state index contributed by atoms with van der Waals surface area (Å²) in [6.07, 6.45) is 6.42. The first-order chi connectivity index (χ1) is 11.0. The van der Waals surface area contributed by atoms with Gasteiger partial charge in [0.1, 0.15) is 0 Å². The van der Waals surface area contributed by atoms with Gasteiger partial charge in [0.15, 0.2) is 0 Å². The van der Waals surface area contributed by atoms with Crippen LogP contribution in [0.5, 0.6) is 0 Å². The van der Waals surface area contributed by atoms with Crippen LogP contribution in [0, 0.1) is 6.92 Å². The summed E-state index contributed by atoms with van der Waals surface area (Å²) in [6, 6.07) is 6.68. The van der Waals surface area contributed by atoms with Gasteiger partial charge in [-0.05, 0) is 31.9 Å². The molecule has 23 heavy (non-hydrogen) atoms. The Kier molecular flexibility index (Phi) is 6.62. The fourth-order valence-electron chi connectivity index (χ4n) is 3.25. The Morgan fingerprint density at radius 2 is 1.78 bits per heavy atom. The van der Waals surface area contributed by atoms with Crippen LogP contribution in [0.4, 0.5) is 0 Å². The van der Waals surface area contributed by atoms with Crippen molar-refractivity contribution in [1.82, 2.24) is 4.31 Å². The molecule has 2 rings (SSSR count). The Balaban J connectivity index is 2.05. The van der Waals surface area contributed by atoms with Crippen LogP contribution in [0.1, 0.15) is 57.4 Å². The predicted octanol–water partition coefficient (Wildman–Crippen LogP) is 3.48. The van der Waals surface area contributed by atoms with E-state index < -0.39 is 16.1 Å². The molecule has 2 atom stereocenters. The van der Waals surface area contributed by atoms with Crippen LogP contribution in [0.2, 0.25) is 0 Å². The Morgan fingerprint density at radius 1 is 1.13 bits per heavy atom. The van der Waals surface area contributed by atoms with E-state index in [1.807, 2.05) is 19.1 Å². The maximum atomic E-state index is 12.9. The average Bonchev–Trinajstić information content (AvgIpc) is 2.89. The Hall–Kier alpha value is -0.910. The molecule has 130 valence electrons. The van der Waals surface area contributed by atoms with Gasteiger partial charge in [-0.3, -0.25) is 0 Å². The van der Waals surface area contributed by atoms with Crippen molar-refractivity contribution in [3.05, 3.63) is 29.8 Å². The van der Waals surface area contributed by atoms with Crippen LogP contribution in [-0.4, -0.2) is 36.5 Å². The van der Waals surface area contributed by atoms with Crippen LogP contribution in [0.15, 0.2) is 29.2 Å². The van der Waals surface area contributed by atoms with Crippen molar-refractivity contribution in [3.63, 3.8) is 0 Å². The maximum Gasteiger partial charge on any atom is 0.243 e. The quantitative estimate of drug-likeness (QED) is 0.738. The first kappa shape index (κ1) is 18.4. The van der Waals surface area contributed by atoms with Gasteiger partial charge >= 0.3 is 0 Å². The zero-order valence-electron chi connectivity index (χ0n) is 14.2. The minimum Gasteiger partial charge on any atom is -0.391 e. The number of rotatable bonds is 8. The number of sulfonamides is 1. The monoisotopic (exact) mass is 339 g/mol. The molecule has 0 radical (unpaired) electrons. The number of hydrogen-bond donors (Lipinski definition) is 1. The van der Waals surface area contributed by atoms with Gasteiger partial charge in [0, 0.05) is 6.54 Å². The molecular weight excluding hydrogens is 310 g/mol. The van der Waals surface area contributed by atoms with Gasteiger partial charge in [0.05, 0.1) is 17.0 Å². The molecule has 0 bridgehead atoms. The Morgan fingerprint density at radius 3 is 2.43 bits per heavy atom. The Bertz CT molecular complexity index is 583. The van der Waals surface area contributed by atoms with Gasteiger partial charge in [-0.1, -0.05) is 56.7 Å². The molecule has 1 N–H and O–H groups in total. The number of unbranched alkanes of at least 4 members (excludes halogenated alkanes) is 4. The number of hydrogen-bond acceptors (Lipinski definition) is 3. The third kappa shape index (κ3) is 4.55. The third-order valence-electron chi connectivity index (χ3n) is 4.69. The Labute approximate surface area is 140 Å². The summed E-state index contributed by atoms with van der Waals surface area (Å²) in [5.74, 6) is 0. The number of nitrogens with zero attached hydrogens (tertiary/aromatic N) is 1. The van der Waals surface area contributed by atoms with Crippen LogP contribution in [-0.2, 0) is 10.0 Å². The molecule has 1 heterocycles. The molecule has 1 aromatic rings. The highest BCUT2D eigenvalue weighted by atomic mass is 32.2. The molecular formula is C18H29NO3S. The lowest BCUT2D eigenvalue weighted by atomic mass is 10.0. The van der Waals surface area contributed by atoms with Gasteiger partial charge in [-0.15, -0.1) is 0 Å². The lowest BCUT2D eigenvalue weighted by molar-refractivity contribution is 0.135. The molecule has 0 unspecified atom stereocenters. The lowest BCUT2D eigenvalue weighted by Gasteiger charge is -2.25. The van der Waals surface area contributed by atoms with Gasteiger partial charge in [-0.25, -0.2) is 8.42 Å². The first-order valence-corrected chi connectivity index (χ1v) is 10.2. The van der Waals surface area contributed by atoms with Crippen molar-refractivity contribution in [1.29, 1.82) is 0 Å². The topological polar surface area (TPSA) is 57.6 Å². The highest BCUT2D eigenvalue weighted by molar-refractivity contribution is 7.89. The van der Waals surface area contributed by atoms with E-state index in [0.29, 0.717) is 17.9 Å². The van der Waals surface area contributed by atoms with E-state index in [1.165, 1.54) is 23.6 Å². The van der Waals surface area contributed by atoms with Gasteiger partial charge in [0.2, 0.25) is 10.0 Å². The zero-order valence-corrected chi connectivity index (χ0v) is 15.1. The van der Waals surface area contributed by atoms with Crippen molar-refractivity contribution in [2.75, 3.05) is 6.54 Å². The van der Waals surface area contributed by atoms with Crippen molar-refractivity contribution >= 4 is 10.0 Å². The van der Waals surface area contributed by atoms with Gasteiger partial charge in [-0.2, -0.15) is 4.31 Å². The fraction of sp³-hybridized carbons (Fsp3) is 0.667. The SMILES string of the molecule is CCCCCCC[C@@H]1[C@@H](O)CCN1S(=O)(=O)c1ccc(C)cc1. The minimum absolute atomic E-state index is 0.275. The molecule has 4 nitrogen and oxygen atoms in total. The maximum absolute atomic E-state index is 12.9. The second-order valence-corrected chi connectivity index (χ2v) is 8.45. The van der Waals surface area contributed by atoms with Crippen molar-refractivity contribution in [3.8, 4) is 0 Å². The van der Waals surface area contributed by atoms with Crippen LogP contribution in [0.3, 0.4) is 0 Å². The summed E-state index contributed by atoms with van der Waals surface area (Å²) in [5.41, 5.74) is 1.04. The average molecular weight is 340 g/mol. The third-order valence-corrected chi connectivity index (χ3v) is 6.63. The highest BCUT2D eigenvalue weighted by Crippen LogP contribution is 2.29. The number of aliphatic hydroxyl groups excluding tert-OH is 1. The molecule has 1 saturated heterocycles. The van der Waals surface area contributed by atoms with E-state index in [2.05, 4.69) is 6.92 Å². The van der Waals surface area contributed by atoms with E-state index in [4.69, 9.17) is 0 Å². The zero-order chi connectivity index (χ0) is 16.9. The fourth-order valence-corrected chi connectivity index (χ4v) is 4.95. The molecule has 0 aromatic heterocycles. The molecule has 0 amide bonds. The van der Waals surface area contributed by atoms with Crippen LogP contribution < -0.4 is 0 Å². The summed E-state index contributed by atoms with van der Waals surface area (Å²) in [6.45, 7) is 4.53. The standard InChI is InChI=1S/C18H29NO3S/c1-3-4-5-6-7-8-17-18(20)13-14-19(17)23(21,22)16-11-9-15(2)10-12-16/h9-12,17-18,20H,3-8,13-14H2,1-2H3/t17-,18+/m1/s1. The van der Waals surface area contributed by atoms with Crippen molar-refractivity contribution in [2.45, 2.75) is 75.8 Å². The van der Waals surface area contributed by atoms with Crippen molar-refractivity contribution < 1.29 is 13.5 Å². The predicted molar refractivity (Wildman–Crippen MR) is 92.9 cm³/mol. The molecule has 1 fully saturated rings. The van der Waals surface area contributed by atoms with E-state index >= 15 is 0 Å². The molecule has 1 aliphatic rings. The highest BCUT2D eigenvalue weighted by Gasteiger charge is 2.40. The molecule has 0 saturated carbocycles. The van der Waals surface area contributed by atoms with E-state index in [1.54, 1.807) is 12.1 Å². The molecule has 5 heteroatoms. The second-order valence-electron chi connectivity index (χ2n) is 6.56. The van der Waals surface area contributed by atoms with Crippen LogP contribution >= 0.6 is 0 Å². The number of benzene rings is 1. The molecule has 0 spiro atoms. The van der Waals surface area contributed by atoms with Gasteiger partial charge in [0.25, 0.3) is 0 Å². The summed E-state index contributed by atoms with van der Waals surface area (Å²) in [5, 5.41) is 10.2. The van der Waals surface area contributed by atoms with Gasteiger partial charge < -0.3 is 5.11 Å². The first-order valence-electron chi connectivity index (χ1n) is 8.73. The number of aryl methyl sites for hydroxylation is 1. The minimum atomic E-state index is -3.51. The van der Waals surface area contributed by atoms with E-state index in [9.17, 15) is 13.5 Å². The molecule has 1 aliphatic heterocycles. The van der Waals surface area contributed by atoms with E-state index in [0.717, 1.165) is 24.8 Å². The molecule has 1 aromatic carbocycles. The summed E-state index contributed by atoms with van der Waals surface area (Å²) in [7, 11) is -3.51. The normalized spacial score (nSPS) is 22.6. The molecule has 0 aliphatic carbocycles. The smallest absolute Gasteiger partial charge is 0.243 e. The van der Waals surface area contributed by atoms with Crippen molar-refractivity contribution in [2.24, 2.45) is 0 Å².